The highest BCUT2D eigenvalue weighted by atomic mass is 32.2. The minimum atomic E-state index is 0.421. The highest BCUT2D eigenvalue weighted by Crippen LogP contribution is 2.25. The van der Waals surface area contributed by atoms with E-state index in [-0.39, 0.29) is 0 Å². The van der Waals surface area contributed by atoms with Crippen molar-refractivity contribution in [2.24, 2.45) is 5.73 Å². The molecule has 0 radical (unpaired) electrons. The van der Waals surface area contributed by atoms with E-state index in [0.717, 1.165) is 11.3 Å². The first kappa shape index (κ1) is 12.3. The predicted molar refractivity (Wildman–Crippen MR) is 76.3 cm³/mol. The zero-order chi connectivity index (χ0) is 11.9. The van der Waals surface area contributed by atoms with Crippen molar-refractivity contribution in [2.45, 2.75) is 10.6 Å². The van der Waals surface area contributed by atoms with E-state index in [9.17, 15) is 0 Å². The molecule has 0 saturated heterocycles. The summed E-state index contributed by atoms with van der Waals surface area (Å²) >= 11 is 3.60. The Morgan fingerprint density at radius 3 is 2.82 bits per heavy atom. The van der Waals surface area contributed by atoms with Crippen LogP contribution >= 0.6 is 23.1 Å². The van der Waals surface area contributed by atoms with Crippen LogP contribution in [0.5, 0.6) is 0 Å². The maximum atomic E-state index is 5.34. The number of nitrogens with two attached hydrogens (primary N) is 1. The van der Waals surface area contributed by atoms with Crippen molar-refractivity contribution in [3.63, 3.8) is 0 Å². The Labute approximate surface area is 110 Å². The van der Waals surface area contributed by atoms with Gasteiger partial charge in [-0.05, 0) is 18.2 Å². The summed E-state index contributed by atoms with van der Waals surface area (Å²) in [4.78, 5) is 2.65. The maximum Gasteiger partial charge on any atom is 0.0555 e. The first-order valence-corrected chi connectivity index (χ1v) is 7.19. The topological polar surface area (TPSA) is 26.0 Å². The van der Waals surface area contributed by atoms with E-state index in [1.165, 1.54) is 9.77 Å². The summed E-state index contributed by atoms with van der Waals surface area (Å²) in [7, 11) is 0. The van der Waals surface area contributed by atoms with Crippen LogP contribution in [-0.4, -0.2) is 6.54 Å². The standard InChI is InChI=1S/C14H13NS2/c15-8-4-5-12-9-14(16-10-12)11-17-13-6-2-1-3-7-13/h1-3,6-7,9-10H,8,11,15H2. The molecular formula is C14H13NS2. The third-order valence-electron chi connectivity index (χ3n) is 2.11. The molecule has 0 saturated carbocycles. The Kier molecular flexibility index (Phi) is 4.69. The lowest BCUT2D eigenvalue weighted by molar-refractivity contribution is 1.30. The van der Waals surface area contributed by atoms with E-state index in [1.54, 1.807) is 11.3 Å². The minimum absolute atomic E-state index is 0.421. The lowest BCUT2D eigenvalue weighted by Gasteiger charge is -1.97. The Morgan fingerprint density at radius 2 is 2.06 bits per heavy atom. The molecule has 0 aliphatic rings. The molecule has 0 aliphatic heterocycles. The van der Waals surface area contributed by atoms with Gasteiger partial charge in [-0.2, -0.15) is 0 Å². The molecule has 0 bridgehead atoms. The van der Waals surface area contributed by atoms with Crippen LogP contribution in [-0.2, 0) is 5.75 Å². The van der Waals surface area contributed by atoms with Gasteiger partial charge in [-0.15, -0.1) is 23.1 Å². The fourth-order valence-corrected chi connectivity index (χ4v) is 3.14. The van der Waals surface area contributed by atoms with Gasteiger partial charge in [0.05, 0.1) is 6.54 Å². The van der Waals surface area contributed by atoms with Gasteiger partial charge in [-0.25, -0.2) is 0 Å². The summed E-state index contributed by atoms with van der Waals surface area (Å²) in [5.41, 5.74) is 6.42. The van der Waals surface area contributed by atoms with E-state index in [1.807, 2.05) is 17.8 Å². The average Bonchev–Trinajstić information content (AvgIpc) is 2.83. The molecule has 0 atom stereocenters. The van der Waals surface area contributed by atoms with Crippen LogP contribution in [0.15, 0.2) is 46.7 Å². The molecule has 2 aromatic rings. The van der Waals surface area contributed by atoms with Gasteiger partial charge >= 0.3 is 0 Å². The van der Waals surface area contributed by atoms with Crippen LogP contribution < -0.4 is 5.73 Å². The second-order valence-corrected chi connectivity index (χ2v) is 5.45. The summed E-state index contributed by atoms with van der Waals surface area (Å²) < 4.78 is 0. The second-order valence-electron chi connectivity index (χ2n) is 3.41. The average molecular weight is 259 g/mol. The van der Waals surface area contributed by atoms with Crippen LogP contribution in [0.3, 0.4) is 0 Å². The number of thiophene rings is 1. The van der Waals surface area contributed by atoms with Crippen LogP contribution in [0.1, 0.15) is 10.4 Å². The number of rotatable bonds is 3. The van der Waals surface area contributed by atoms with Crippen LogP contribution in [0.2, 0.25) is 0 Å². The molecule has 0 spiro atoms. The van der Waals surface area contributed by atoms with Crippen molar-refractivity contribution in [3.05, 3.63) is 52.2 Å². The van der Waals surface area contributed by atoms with Crippen molar-refractivity contribution in [1.82, 2.24) is 0 Å². The SMILES string of the molecule is NCC#Cc1csc(CSc2ccccc2)c1. The van der Waals surface area contributed by atoms with Gasteiger partial charge in [0.1, 0.15) is 0 Å². The summed E-state index contributed by atoms with van der Waals surface area (Å²) in [6.45, 7) is 0.421. The third-order valence-corrected chi connectivity index (χ3v) is 4.29. The van der Waals surface area contributed by atoms with Crippen LogP contribution in [0, 0.1) is 11.8 Å². The smallest absolute Gasteiger partial charge is 0.0555 e. The van der Waals surface area contributed by atoms with Crippen molar-refractivity contribution < 1.29 is 0 Å². The highest BCUT2D eigenvalue weighted by molar-refractivity contribution is 7.98. The molecule has 0 unspecified atom stereocenters. The van der Waals surface area contributed by atoms with Crippen LogP contribution in [0.25, 0.3) is 0 Å². The quantitative estimate of drug-likeness (QED) is 0.676. The minimum Gasteiger partial charge on any atom is -0.320 e. The molecule has 86 valence electrons. The third kappa shape index (κ3) is 3.94. The van der Waals surface area contributed by atoms with Crippen LogP contribution in [0.4, 0.5) is 0 Å². The van der Waals surface area contributed by atoms with E-state index in [2.05, 4.69) is 47.6 Å². The summed E-state index contributed by atoms with van der Waals surface area (Å²) in [5, 5.41) is 2.09. The van der Waals surface area contributed by atoms with E-state index in [0.29, 0.717) is 6.54 Å². The first-order valence-electron chi connectivity index (χ1n) is 5.32. The fraction of sp³-hybridized carbons (Fsp3) is 0.143. The van der Waals surface area contributed by atoms with Gasteiger partial charge in [-0.3, -0.25) is 0 Å². The monoisotopic (exact) mass is 259 g/mol. The van der Waals surface area contributed by atoms with Crippen molar-refractivity contribution in [1.29, 1.82) is 0 Å². The van der Waals surface area contributed by atoms with Crippen molar-refractivity contribution in [2.75, 3.05) is 6.54 Å². The van der Waals surface area contributed by atoms with E-state index < -0.39 is 0 Å². The first-order chi connectivity index (χ1) is 8.38. The Balaban J connectivity index is 1.94. The van der Waals surface area contributed by atoms with Gasteiger partial charge in [0.25, 0.3) is 0 Å². The van der Waals surface area contributed by atoms with Gasteiger partial charge in [0.2, 0.25) is 0 Å². The van der Waals surface area contributed by atoms with Crippen molar-refractivity contribution in [3.8, 4) is 11.8 Å². The molecule has 3 heteroatoms. The zero-order valence-corrected chi connectivity index (χ0v) is 11.0. The highest BCUT2D eigenvalue weighted by Gasteiger charge is 1.99. The van der Waals surface area contributed by atoms with E-state index >= 15 is 0 Å². The van der Waals surface area contributed by atoms with Gasteiger partial charge < -0.3 is 5.73 Å². The molecule has 1 heterocycles. The molecule has 0 aliphatic carbocycles. The molecule has 1 nitrogen and oxygen atoms in total. The second kappa shape index (κ2) is 6.51. The number of hydrogen-bond acceptors (Lipinski definition) is 3. The molecule has 2 rings (SSSR count). The summed E-state index contributed by atoms with van der Waals surface area (Å²) in [6, 6.07) is 12.6. The molecule has 0 amide bonds. The number of benzene rings is 1. The molecule has 1 aromatic carbocycles. The maximum absolute atomic E-state index is 5.34. The largest absolute Gasteiger partial charge is 0.320 e. The Morgan fingerprint density at radius 1 is 1.24 bits per heavy atom. The predicted octanol–water partition coefficient (Wildman–Crippen LogP) is 3.35. The molecule has 0 fully saturated rings. The lowest BCUT2D eigenvalue weighted by Crippen LogP contribution is -1.92. The zero-order valence-electron chi connectivity index (χ0n) is 9.35. The van der Waals surface area contributed by atoms with Gasteiger partial charge in [0.15, 0.2) is 0 Å². The van der Waals surface area contributed by atoms with Crippen molar-refractivity contribution >= 4 is 23.1 Å². The number of hydrogen-bond donors (Lipinski definition) is 1. The molecular weight excluding hydrogens is 246 g/mol. The van der Waals surface area contributed by atoms with E-state index in [4.69, 9.17) is 5.73 Å². The Bertz CT molecular complexity index is 520. The summed E-state index contributed by atoms with van der Waals surface area (Å²) in [5.74, 6) is 6.92. The fourth-order valence-electron chi connectivity index (χ4n) is 1.35. The summed E-state index contributed by atoms with van der Waals surface area (Å²) in [6.07, 6.45) is 0. The molecule has 1 aromatic heterocycles. The van der Waals surface area contributed by atoms with Gasteiger partial charge in [-0.1, -0.05) is 30.0 Å². The number of thioether (sulfide) groups is 1. The molecule has 17 heavy (non-hydrogen) atoms. The normalized spacial score (nSPS) is 9.71. The van der Waals surface area contributed by atoms with Gasteiger partial charge in [0, 0.05) is 26.5 Å². The molecule has 2 N–H and O–H groups in total. The lowest BCUT2D eigenvalue weighted by atomic mass is 10.3. The Hall–Kier alpha value is -1.21.